The molecule has 212 valence electrons. The fourth-order valence-corrected chi connectivity index (χ4v) is 4.77. The Labute approximate surface area is 237 Å². The molecular weight excluding hydrogens is 514 g/mol. The first-order valence-corrected chi connectivity index (χ1v) is 14.2. The molecule has 39 heavy (non-hydrogen) atoms. The van der Waals surface area contributed by atoms with Crippen molar-refractivity contribution in [3.05, 3.63) is 64.2 Å². The van der Waals surface area contributed by atoms with Crippen molar-refractivity contribution >= 4 is 35.2 Å². The van der Waals surface area contributed by atoms with E-state index in [1.807, 2.05) is 57.2 Å². The Morgan fingerprint density at radius 2 is 1.72 bits per heavy atom. The van der Waals surface area contributed by atoms with Crippen molar-refractivity contribution in [2.45, 2.75) is 97.9 Å². The number of rotatable bonds is 10. The Balaban J connectivity index is 2.04. The minimum absolute atomic E-state index is 0.113. The van der Waals surface area contributed by atoms with Crippen molar-refractivity contribution in [2.24, 2.45) is 5.92 Å². The highest BCUT2D eigenvalue weighted by molar-refractivity contribution is 6.34. The Morgan fingerprint density at radius 1 is 1.08 bits per heavy atom. The maximum absolute atomic E-state index is 14.3. The molecule has 0 heterocycles. The summed E-state index contributed by atoms with van der Waals surface area (Å²) in [4.78, 5) is 42.8. The molecule has 3 amide bonds. The summed E-state index contributed by atoms with van der Waals surface area (Å²) < 4.78 is 5.48. The van der Waals surface area contributed by atoms with Gasteiger partial charge in [0.05, 0.1) is 10.7 Å². The SMILES string of the molecule is CCc1ccc(C(C(=O)Nc2c(C)cccc2Cl)N(C(=O)C(NC(=O)OC(C)(C)C)C(C)CC)C2CC2)cc1. The van der Waals surface area contributed by atoms with Crippen LogP contribution >= 0.6 is 11.6 Å². The number of halogens is 1. The van der Waals surface area contributed by atoms with Crippen LogP contribution in [0, 0.1) is 12.8 Å². The number of anilines is 1. The van der Waals surface area contributed by atoms with E-state index < -0.39 is 23.8 Å². The molecule has 0 aliphatic heterocycles. The van der Waals surface area contributed by atoms with Crippen LogP contribution in [0.25, 0.3) is 0 Å². The normalized spacial score (nSPS) is 15.6. The molecule has 8 heteroatoms. The first-order valence-electron chi connectivity index (χ1n) is 13.8. The van der Waals surface area contributed by atoms with Gasteiger partial charge < -0.3 is 20.3 Å². The number of hydrogen-bond donors (Lipinski definition) is 2. The zero-order valence-electron chi connectivity index (χ0n) is 24.1. The summed E-state index contributed by atoms with van der Waals surface area (Å²) in [6.07, 6.45) is 2.43. The molecule has 3 atom stereocenters. The van der Waals surface area contributed by atoms with E-state index in [1.165, 1.54) is 0 Å². The number of amides is 3. The largest absolute Gasteiger partial charge is 0.444 e. The molecule has 0 bridgehead atoms. The van der Waals surface area contributed by atoms with Gasteiger partial charge in [0.15, 0.2) is 0 Å². The molecular formula is C31H42ClN3O4. The van der Waals surface area contributed by atoms with Gasteiger partial charge >= 0.3 is 6.09 Å². The monoisotopic (exact) mass is 555 g/mol. The number of carbonyl (C=O) groups excluding carboxylic acids is 3. The first kappa shape index (κ1) is 30.5. The lowest BCUT2D eigenvalue weighted by Gasteiger charge is -2.36. The number of nitrogens with zero attached hydrogens (tertiary/aromatic N) is 1. The van der Waals surface area contributed by atoms with Gasteiger partial charge in [-0.05, 0) is 75.6 Å². The maximum atomic E-state index is 14.3. The summed E-state index contributed by atoms with van der Waals surface area (Å²) in [7, 11) is 0. The first-order chi connectivity index (χ1) is 18.4. The second-order valence-corrected chi connectivity index (χ2v) is 11.8. The molecule has 3 unspecified atom stereocenters. The van der Waals surface area contributed by atoms with Gasteiger partial charge in [-0.3, -0.25) is 9.59 Å². The van der Waals surface area contributed by atoms with Crippen LogP contribution in [0.15, 0.2) is 42.5 Å². The van der Waals surface area contributed by atoms with E-state index in [1.54, 1.807) is 31.7 Å². The molecule has 2 aromatic rings. The summed E-state index contributed by atoms with van der Waals surface area (Å²) in [6, 6.07) is 11.3. The van der Waals surface area contributed by atoms with E-state index >= 15 is 0 Å². The van der Waals surface area contributed by atoms with E-state index in [2.05, 4.69) is 17.6 Å². The zero-order valence-corrected chi connectivity index (χ0v) is 24.9. The second-order valence-electron chi connectivity index (χ2n) is 11.4. The Bertz CT molecular complexity index is 1150. The summed E-state index contributed by atoms with van der Waals surface area (Å²) >= 11 is 6.45. The van der Waals surface area contributed by atoms with E-state index in [0.717, 1.165) is 30.4 Å². The highest BCUT2D eigenvalue weighted by Crippen LogP contribution is 2.37. The molecule has 0 radical (unpaired) electrons. The molecule has 2 aromatic carbocycles. The molecule has 0 aromatic heterocycles. The van der Waals surface area contributed by atoms with Crippen LogP contribution < -0.4 is 10.6 Å². The van der Waals surface area contributed by atoms with E-state index in [4.69, 9.17) is 16.3 Å². The predicted molar refractivity (Wildman–Crippen MR) is 156 cm³/mol. The maximum Gasteiger partial charge on any atom is 0.408 e. The molecule has 1 saturated carbocycles. The Morgan fingerprint density at radius 3 is 2.23 bits per heavy atom. The number of benzene rings is 2. The topological polar surface area (TPSA) is 87.7 Å². The molecule has 1 fully saturated rings. The summed E-state index contributed by atoms with van der Waals surface area (Å²) in [6.45, 7) is 13.2. The van der Waals surface area contributed by atoms with Crippen LogP contribution in [0.4, 0.5) is 10.5 Å². The Kier molecular flexibility index (Phi) is 10.1. The number of aryl methyl sites for hydroxylation is 2. The van der Waals surface area contributed by atoms with Gasteiger partial charge in [-0.15, -0.1) is 0 Å². The quantitative estimate of drug-likeness (QED) is 0.336. The van der Waals surface area contributed by atoms with Gasteiger partial charge in [-0.25, -0.2) is 4.79 Å². The van der Waals surface area contributed by atoms with Gasteiger partial charge in [0, 0.05) is 6.04 Å². The minimum atomic E-state index is -0.904. The summed E-state index contributed by atoms with van der Waals surface area (Å²) in [5.74, 6) is -0.826. The molecule has 1 aliphatic rings. The van der Waals surface area contributed by atoms with E-state index in [9.17, 15) is 14.4 Å². The van der Waals surface area contributed by atoms with Crippen molar-refractivity contribution in [2.75, 3.05) is 5.32 Å². The van der Waals surface area contributed by atoms with Crippen molar-refractivity contribution in [3.8, 4) is 0 Å². The lowest BCUT2D eigenvalue weighted by Crippen LogP contribution is -2.55. The van der Waals surface area contributed by atoms with Crippen molar-refractivity contribution in [3.63, 3.8) is 0 Å². The van der Waals surface area contributed by atoms with Crippen LogP contribution in [0.5, 0.6) is 0 Å². The molecule has 3 rings (SSSR count). The smallest absolute Gasteiger partial charge is 0.408 e. The number of ether oxygens (including phenoxy) is 1. The van der Waals surface area contributed by atoms with Crippen molar-refractivity contribution in [1.29, 1.82) is 0 Å². The number of alkyl carbamates (subject to hydrolysis) is 1. The van der Waals surface area contributed by atoms with Gasteiger partial charge in [0.1, 0.15) is 17.7 Å². The van der Waals surface area contributed by atoms with Gasteiger partial charge in [0.25, 0.3) is 5.91 Å². The summed E-state index contributed by atoms with van der Waals surface area (Å²) in [5, 5.41) is 6.24. The highest BCUT2D eigenvalue weighted by atomic mass is 35.5. The van der Waals surface area contributed by atoms with E-state index in [-0.39, 0.29) is 23.8 Å². The summed E-state index contributed by atoms with van der Waals surface area (Å²) in [5.41, 5.74) is 2.47. The zero-order chi connectivity index (χ0) is 28.9. The average Bonchev–Trinajstić information content (AvgIpc) is 3.71. The molecule has 2 N–H and O–H groups in total. The third-order valence-corrected chi connectivity index (χ3v) is 7.36. The molecule has 0 saturated heterocycles. The molecule has 0 spiro atoms. The Hall–Kier alpha value is -3.06. The minimum Gasteiger partial charge on any atom is -0.444 e. The molecule has 1 aliphatic carbocycles. The predicted octanol–water partition coefficient (Wildman–Crippen LogP) is 6.82. The second kappa shape index (κ2) is 12.9. The van der Waals surface area contributed by atoms with Crippen molar-refractivity contribution in [1.82, 2.24) is 10.2 Å². The van der Waals surface area contributed by atoms with Gasteiger partial charge in [-0.2, -0.15) is 0 Å². The number of nitrogens with one attached hydrogen (secondary N) is 2. The van der Waals surface area contributed by atoms with Crippen LogP contribution in [0.3, 0.4) is 0 Å². The number of hydrogen-bond acceptors (Lipinski definition) is 4. The number of carbonyl (C=O) groups is 3. The average molecular weight is 556 g/mol. The lowest BCUT2D eigenvalue weighted by atomic mass is 9.95. The third-order valence-electron chi connectivity index (χ3n) is 7.05. The lowest BCUT2D eigenvalue weighted by molar-refractivity contribution is -0.142. The number of para-hydroxylation sites is 1. The van der Waals surface area contributed by atoms with Crippen molar-refractivity contribution < 1.29 is 19.1 Å². The third kappa shape index (κ3) is 7.98. The highest BCUT2D eigenvalue weighted by Gasteiger charge is 2.45. The fraction of sp³-hybridized carbons (Fsp3) is 0.516. The van der Waals surface area contributed by atoms with Gasteiger partial charge in [-0.1, -0.05) is 75.2 Å². The van der Waals surface area contributed by atoms with Crippen LogP contribution in [-0.4, -0.2) is 40.5 Å². The van der Waals surface area contributed by atoms with Crippen LogP contribution in [0.1, 0.15) is 83.5 Å². The standard InChI is InChI=1S/C31H42ClN3O4/c1-8-19(3)26(34-30(38)39-31(5,6)7)29(37)35(23-17-18-23)27(22-15-13-21(9-2)14-16-22)28(36)33-25-20(4)11-10-12-24(25)32/h10-16,19,23,26-27H,8-9,17-18H2,1-7H3,(H,33,36)(H,34,38). The van der Waals surface area contributed by atoms with Crippen LogP contribution in [0.2, 0.25) is 5.02 Å². The fourth-order valence-electron chi connectivity index (χ4n) is 4.50. The van der Waals surface area contributed by atoms with Gasteiger partial charge in [0.2, 0.25) is 5.91 Å². The van der Waals surface area contributed by atoms with E-state index in [0.29, 0.717) is 22.7 Å². The molecule has 7 nitrogen and oxygen atoms in total. The van der Waals surface area contributed by atoms with Crippen LogP contribution in [-0.2, 0) is 20.7 Å².